The summed E-state index contributed by atoms with van der Waals surface area (Å²) in [5.41, 5.74) is 0.931. The molecule has 0 heterocycles. The van der Waals surface area contributed by atoms with Crippen molar-refractivity contribution in [3.8, 4) is 0 Å². The van der Waals surface area contributed by atoms with Gasteiger partial charge in [-0.25, -0.2) is 4.39 Å². The van der Waals surface area contributed by atoms with E-state index in [9.17, 15) is 9.50 Å². The third-order valence-electron chi connectivity index (χ3n) is 2.62. The van der Waals surface area contributed by atoms with E-state index in [1.165, 1.54) is 12.1 Å². The second-order valence-corrected chi connectivity index (χ2v) is 5.78. The third-order valence-corrected chi connectivity index (χ3v) is 4.00. The highest BCUT2D eigenvalue weighted by atomic mass is 35.5. The zero-order valence-corrected chi connectivity index (χ0v) is 11.8. The van der Waals surface area contributed by atoms with Crippen LogP contribution in [-0.4, -0.2) is 17.0 Å². The maximum Gasteiger partial charge on any atom is 0.123 e. The van der Waals surface area contributed by atoms with Crippen LogP contribution in [0.5, 0.6) is 0 Å². The molecule has 0 spiro atoms. The molecule has 4 heteroatoms. The molecule has 1 unspecified atom stereocenters. The number of rotatable bonds is 5. The molecule has 0 saturated carbocycles. The van der Waals surface area contributed by atoms with E-state index in [4.69, 9.17) is 11.6 Å². The van der Waals surface area contributed by atoms with Crippen molar-refractivity contribution in [1.82, 2.24) is 0 Å². The van der Waals surface area contributed by atoms with E-state index in [2.05, 4.69) is 0 Å². The Bertz CT molecular complexity index is 530. The molecule has 1 atom stereocenters. The topological polar surface area (TPSA) is 20.2 Å². The van der Waals surface area contributed by atoms with Gasteiger partial charge in [-0.15, -0.1) is 11.8 Å². The van der Waals surface area contributed by atoms with Crippen LogP contribution in [0.15, 0.2) is 53.4 Å². The number of aliphatic hydroxyl groups excluding tert-OH is 1. The second kappa shape index (κ2) is 6.94. The lowest BCUT2D eigenvalue weighted by molar-refractivity contribution is 0.200. The Hall–Kier alpha value is -1.03. The summed E-state index contributed by atoms with van der Waals surface area (Å²) in [6.07, 6.45) is 0.0582. The first-order valence-corrected chi connectivity index (χ1v) is 7.31. The molecule has 0 bridgehead atoms. The molecule has 0 aliphatic rings. The molecule has 100 valence electrons. The first kappa shape index (κ1) is 14.4. The van der Waals surface area contributed by atoms with E-state index in [1.807, 2.05) is 24.3 Å². The fourth-order valence-electron chi connectivity index (χ4n) is 1.70. The summed E-state index contributed by atoms with van der Waals surface area (Å²) >= 11 is 7.45. The van der Waals surface area contributed by atoms with Crippen LogP contribution >= 0.6 is 23.4 Å². The minimum atomic E-state index is -0.463. The summed E-state index contributed by atoms with van der Waals surface area (Å²) < 4.78 is 12.8. The van der Waals surface area contributed by atoms with Gasteiger partial charge in [0.15, 0.2) is 0 Å². The largest absolute Gasteiger partial charge is 0.392 e. The lowest BCUT2D eigenvalue weighted by Crippen LogP contribution is -2.13. The molecular weight excluding hydrogens is 283 g/mol. The summed E-state index contributed by atoms with van der Waals surface area (Å²) in [7, 11) is 0. The molecule has 0 aliphatic heterocycles. The molecule has 0 radical (unpaired) electrons. The van der Waals surface area contributed by atoms with Crippen molar-refractivity contribution in [2.75, 3.05) is 5.75 Å². The van der Waals surface area contributed by atoms with Crippen molar-refractivity contribution in [1.29, 1.82) is 0 Å². The fraction of sp³-hybridized carbons (Fsp3) is 0.200. The van der Waals surface area contributed by atoms with Crippen molar-refractivity contribution in [3.05, 3.63) is 64.9 Å². The zero-order valence-electron chi connectivity index (χ0n) is 10.2. The van der Waals surface area contributed by atoms with Crippen LogP contribution < -0.4 is 0 Å². The highest BCUT2D eigenvalue weighted by Gasteiger charge is 2.07. The summed E-state index contributed by atoms with van der Waals surface area (Å²) in [6, 6.07) is 13.7. The number of aliphatic hydroxyl groups is 1. The van der Waals surface area contributed by atoms with E-state index in [0.29, 0.717) is 17.2 Å². The predicted molar refractivity (Wildman–Crippen MR) is 78.3 cm³/mol. The average Bonchev–Trinajstić information content (AvgIpc) is 2.39. The third kappa shape index (κ3) is 4.86. The van der Waals surface area contributed by atoms with Crippen LogP contribution in [0.4, 0.5) is 4.39 Å². The molecule has 0 amide bonds. The molecule has 2 aromatic rings. The van der Waals surface area contributed by atoms with Gasteiger partial charge in [0.1, 0.15) is 5.82 Å². The highest BCUT2D eigenvalue weighted by Crippen LogP contribution is 2.22. The Labute approximate surface area is 121 Å². The number of thioether (sulfide) groups is 1. The summed E-state index contributed by atoms with van der Waals surface area (Å²) in [5.74, 6) is 0.323. The van der Waals surface area contributed by atoms with E-state index in [-0.39, 0.29) is 5.82 Å². The molecule has 2 rings (SSSR count). The van der Waals surface area contributed by atoms with Crippen molar-refractivity contribution in [2.24, 2.45) is 0 Å². The Kier molecular flexibility index (Phi) is 5.25. The second-order valence-electron chi connectivity index (χ2n) is 4.25. The molecule has 1 nitrogen and oxygen atoms in total. The van der Waals surface area contributed by atoms with Crippen LogP contribution in [0, 0.1) is 5.82 Å². The van der Waals surface area contributed by atoms with E-state index >= 15 is 0 Å². The van der Waals surface area contributed by atoms with Gasteiger partial charge in [0, 0.05) is 15.7 Å². The van der Waals surface area contributed by atoms with Gasteiger partial charge >= 0.3 is 0 Å². The van der Waals surface area contributed by atoms with Crippen LogP contribution in [0.25, 0.3) is 0 Å². The monoisotopic (exact) mass is 296 g/mol. The molecule has 19 heavy (non-hydrogen) atoms. The van der Waals surface area contributed by atoms with Gasteiger partial charge in [-0.3, -0.25) is 0 Å². The SMILES string of the molecule is OC(CSc1cccc(Cl)c1)Cc1ccc(F)cc1. The van der Waals surface area contributed by atoms with Gasteiger partial charge in [0.25, 0.3) is 0 Å². The standard InChI is InChI=1S/C15H14ClFOS/c16-12-2-1-3-15(9-12)19-10-14(18)8-11-4-6-13(17)7-5-11/h1-7,9,14,18H,8,10H2. The van der Waals surface area contributed by atoms with Gasteiger partial charge < -0.3 is 5.11 Å². The first-order chi connectivity index (χ1) is 9.13. The Balaban J connectivity index is 1.84. The zero-order chi connectivity index (χ0) is 13.7. The van der Waals surface area contributed by atoms with Crippen LogP contribution in [-0.2, 0) is 6.42 Å². The molecule has 2 aromatic carbocycles. The maximum absolute atomic E-state index is 12.8. The molecule has 0 aliphatic carbocycles. The van der Waals surface area contributed by atoms with Gasteiger partial charge in [0.05, 0.1) is 6.10 Å². The smallest absolute Gasteiger partial charge is 0.123 e. The van der Waals surface area contributed by atoms with Crippen LogP contribution in [0.3, 0.4) is 0 Å². The van der Waals surface area contributed by atoms with Crippen LogP contribution in [0.2, 0.25) is 5.02 Å². The molecular formula is C15H14ClFOS. The predicted octanol–water partition coefficient (Wildman–Crippen LogP) is 4.17. The summed E-state index contributed by atoms with van der Waals surface area (Å²) in [4.78, 5) is 1.03. The first-order valence-electron chi connectivity index (χ1n) is 5.94. The minimum absolute atomic E-state index is 0.258. The Morgan fingerprint density at radius 1 is 1.16 bits per heavy atom. The van der Waals surface area contributed by atoms with E-state index in [0.717, 1.165) is 10.5 Å². The van der Waals surface area contributed by atoms with Crippen molar-refractivity contribution in [2.45, 2.75) is 17.4 Å². The highest BCUT2D eigenvalue weighted by molar-refractivity contribution is 7.99. The number of benzene rings is 2. The van der Waals surface area contributed by atoms with Gasteiger partial charge in [-0.2, -0.15) is 0 Å². The maximum atomic E-state index is 12.8. The molecule has 0 saturated heterocycles. The Morgan fingerprint density at radius 3 is 2.58 bits per heavy atom. The summed E-state index contributed by atoms with van der Waals surface area (Å²) in [6.45, 7) is 0. The van der Waals surface area contributed by atoms with Gasteiger partial charge in [0.2, 0.25) is 0 Å². The Morgan fingerprint density at radius 2 is 1.89 bits per heavy atom. The van der Waals surface area contributed by atoms with Crippen molar-refractivity contribution < 1.29 is 9.50 Å². The molecule has 0 aromatic heterocycles. The van der Waals surface area contributed by atoms with Gasteiger partial charge in [-0.1, -0.05) is 29.8 Å². The van der Waals surface area contributed by atoms with E-state index in [1.54, 1.807) is 23.9 Å². The molecule has 0 fully saturated rings. The average molecular weight is 297 g/mol. The lowest BCUT2D eigenvalue weighted by Gasteiger charge is -2.10. The normalized spacial score (nSPS) is 12.4. The number of hydrogen-bond acceptors (Lipinski definition) is 2. The van der Waals surface area contributed by atoms with Crippen molar-refractivity contribution >= 4 is 23.4 Å². The quantitative estimate of drug-likeness (QED) is 0.836. The fourth-order valence-corrected chi connectivity index (χ4v) is 2.84. The summed E-state index contributed by atoms with van der Waals surface area (Å²) in [5, 5.41) is 10.6. The number of halogens is 2. The lowest BCUT2D eigenvalue weighted by atomic mass is 10.1. The van der Waals surface area contributed by atoms with Crippen molar-refractivity contribution in [3.63, 3.8) is 0 Å². The minimum Gasteiger partial charge on any atom is -0.392 e. The van der Waals surface area contributed by atoms with E-state index < -0.39 is 6.10 Å². The number of hydrogen-bond donors (Lipinski definition) is 1. The molecule has 1 N–H and O–H groups in total. The van der Waals surface area contributed by atoms with Crippen LogP contribution in [0.1, 0.15) is 5.56 Å². The van der Waals surface area contributed by atoms with Gasteiger partial charge in [-0.05, 0) is 42.3 Å².